The monoisotopic (exact) mass is 362 g/mol. The number of carbonyl (C=O) groups is 1. The number of amides is 1. The van der Waals surface area contributed by atoms with Gasteiger partial charge in [0.1, 0.15) is 11.7 Å². The van der Waals surface area contributed by atoms with Crippen molar-refractivity contribution in [1.29, 1.82) is 0 Å². The summed E-state index contributed by atoms with van der Waals surface area (Å²) in [7, 11) is 0. The summed E-state index contributed by atoms with van der Waals surface area (Å²) in [4.78, 5) is 27.6. The van der Waals surface area contributed by atoms with Crippen LogP contribution in [0.2, 0.25) is 0 Å². The first-order valence-electron chi connectivity index (χ1n) is 9.29. The summed E-state index contributed by atoms with van der Waals surface area (Å²) in [6, 6.07) is 15.0. The number of carbonyl (C=O) groups excluding carboxylic acids is 1. The molecule has 0 spiro atoms. The fourth-order valence-corrected chi connectivity index (χ4v) is 3.52. The highest BCUT2D eigenvalue weighted by Crippen LogP contribution is 2.33. The van der Waals surface area contributed by atoms with Crippen molar-refractivity contribution in [2.45, 2.75) is 32.9 Å². The number of benzene rings is 2. The molecular formula is C22H22N2O3. The molecule has 5 nitrogen and oxygen atoms in total. The summed E-state index contributed by atoms with van der Waals surface area (Å²) in [5.74, 6) is -0.0637. The van der Waals surface area contributed by atoms with E-state index in [1.807, 2.05) is 55.5 Å². The Morgan fingerprint density at radius 2 is 1.93 bits per heavy atom. The number of fused-ring (bicyclic) bond motifs is 2. The lowest BCUT2D eigenvalue weighted by Crippen LogP contribution is -2.45. The molecule has 1 amide bonds. The van der Waals surface area contributed by atoms with Crippen molar-refractivity contribution in [3.05, 3.63) is 75.6 Å². The molecule has 1 aliphatic rings. The van der Waals surface area contributed by atoms with Crippen LogP contribution in [0.3, 0.4) is 0 Å². The lowest BCUT2D eigenvalue weighted by molar-refractivity contribution is 0.0678. The Hall–Kier alpha value is -3.08. The van der Waals surface area contributed by atoms with E-state index >= 15 is 0 Å². The highest BCUT2D eigenvalue weighted by molar-refractivity contribution is 6.01. The summed E-state index contributed by atoms with van der Waals surface area (Å²) < 4.78 is 5.57. The molecule has 0 aliphatic carbocycles. The zero-order valence-electron chi connectivity index (χ0n) is 15.5. The Balaban J connectivity index is 1.84. The second kappa shape index (κ2) is 6.91. The number of nitrogens with one attached hydrogen (secondary N) is 1. The average molecular weight is 362 g/mol. The molecular weight excluding hydrogens is 340 g/mol. The van der Waals surface area contributed by atoms with Gasteiger partial charge in [-0.25, -0.2) is 4.79 Å². The smallest absolute Gasteiger partial charge is 0.343 e. The molecule has 0 saturated heterocycles. The van der Waals surface area contributed by atoms with Crippen LogP contribution in [-0.4, -0.2) is 17.4 Å². The molecule has 0 bridgehead atoms. The molecule has 4 rings (SSSR count). The molecule has 0 fully saturated rings. The molecule has 27 heavy (non-hydrogen) atoms. The van der Waals surface area contributed by atoms with Crippen molar-refractivity contribution < 1.29 is 9.21 Å². The van der Waals surface area contributed by atoms with Crippen LogP contribution >= 0.6 is 0 Å². The number of rotatable bonds is 4. The fraction of sp³-hybridized carbons (Fsp3) is 0.273. The third-order valence-electron chi connectivity index (χ3n) is 4.99. The zero-order valence-corrected chi connectivity index (χ0v) is 15.5. The standard InChI is InChI=1S/C22H22N2O3/c1-3-4-11-24-20(23-18-8-6-5-7-16(18)21(24)25)17-13-15-10-9-14(2)12-19(15)27-22(17)26/h5-10,12-13,20,23H,3-4,11H2,1-2H3. The van der Waals surface area contributed by atoms with E-state index in [4.69, 9.17) is 4.42 Å². The molecule has 138 valence electrons. The minimum atomic E-state index is -0.541. The highest BCUT2D eigenvalue weighted by atomic mass is 16.4. The SMILES string of the molecule is CCCCN1C(=O)c2ccccc2NC1c1cc2ccc(C)cc2oc1=O. The topological polar surface area (TPSA) is 62.6 Å². The van der Waals surface area contributed by atoms with Gasteiger partial charge >= 0.3 is 5.63 Å². The fourth-order valence-electron chi connectivity index (χ4n) is 3.52. The van der Waals surface area contributed by atoms with Crippen molar-refractivity contribution in [1.82, 2.24) is 4.90 Å². The summed E-state index contributed by atoms with van der Waals surface area (Å²) in [6.45, 7) is 4.61. The lowest BCUT2D eigenvalue weighted by Gasteiger charge is -2.37. The van der Waals surface area contributed by atoms with Gasteiger partial charge < -0.3 is 14.6 Å². The number of aryl methyl sites for hydroxylation is 1. The summed E-state index contributed by atoms with van der Waals surface area (Å²) >= 11 is 0. The van der Waals surface area contributed by atoms with Crippen LogP contribution in [0.15, 0.2) is 57.7 Å². The van der Waals surface area contributed by atoms with E-state index in [1.54, 1.807) is 4.90 Å². The Morgan fingerprint density at radius 1 is 1.11 bits per heavy atom. The van der Waals surface area contributed by atoms with Gasteiger partial charge in [0.2, 0.25) is 0 Å². The first-order valence-corrected chi connectivity index (χ1v) is 9.29. The number of anilines is 1. The van der Waals surface area contributed by atoms with E-state index in [1.165, 1.54) is 0 Å². The molecule has 1 N–H and O–H groups in total. The summed E-state index contributed by atoms with van der Waals surface area (Å²) in [5, 5.41) is 4.21. The highest BCUT2D eigenvalue weighted by Gasteiger charge is 2.34. The van der Waals surface area contributed by atoms with Crippen molar-refractivity contribution in [3.63, 3.8) is 0 Å². The molecule has 0 radical (unpaired) electrons. The van der Waals surface area contributed by atoms with Gasteiger partial charge in [-0.3, -0.25) is 4.79 Å². The quantitative estimate of drug-likeness (QED) is 0.696. The third-order valence-corrected chi connectivity index (χ3v) is 4.99. The normalized spacial score (nSPS) is 16.3. The summed E-state index contributed by atoms with van der Waals surface area (Å²) in [6.07, 6.45) is 1.29. The first kappa shape index (κ1) is 17.3. The second-order valence-electron chi connectivity index (χ2n) is 6.98. The van der Waals surface area contributed by atoms with Crippen LogP contribution in [0, 0.1) is 6.92 Å². The van der Waals surface area contributed by atoms with Crippen LogP contribution < -0.4 is 10.9 Å². The second-order valence-corrected chi connectivity index (χ2v) is 6.98. The molecule has 1 unspecified atom stereocenters. The van der Waals surface area contributed by atoms with E-state index in [0.29, 0.717) is 23.3 Å². The molecule has 3 aromatic rings. The zero-order chi connectivity index (χ0) is 19.0. The first-order chi connectivity index (χ1) is 13.1. The van der Waals surface area contributed by atoms with E-state index in [0.717, 1.165) is 29.5 Å². The number of hydrogen-bond donors (Lipinski definition) is 1. The molecule has 2 aromatic carbocycles. The molecule has 0 saturated carbocycles. The molecule has 5 heteroatoms. The van der Waals surface area contributed by atoms with E-state index in [-0.39, 0.29) is 5.91 Å². The molecule has 2 heterocycles. The van der Waals surface area contributed by atoms with Crippen molar-refractivity contribution in [2.24, 2.45) is 0 Å². The lowest BCUT2D eigenvalue weighted by atomic mass is 10.0. The van der Waals surface area contributed by atoms with Crippen LogP contribution in [0.25, 0.3) is 11.0 Å². The predicted octanol–water partition coefficient (Wildman–Crippen LogP) is 4.47. The van der Waals surface area contributed by atoms with Gasteiger partial charge in [-0.15, -0.1) is 0 Å². The van der Waals surface area contributed by atoms with Gasteiger partial charge in [-0.2, -0.15) is 0 Å². The van der Waals surface area contributed by atoms with Crippen molar-refractivity contribution >= 4 is 22.6 Å². The Kier molecular flexibility index (Phi) is 4.44. The van der Waals surface area contributed by atoms with E-state index in [2.05, 4.69) is 12.2 Å². The number of para-hydroxylation sites is 1. The predicted molar refractivity (Wildman–Crippen MR) is 106 cm³/mol. The third kappa shape index (κ3) is 3.10. The maximum absolute atomic E-state index is 13.1. The Bertz CT molecular complexity index is 1070. The van der Waals surface area contributed by atoms with Gasteiger partial charge in [0, 0.05) is 17.6 Å². The van der Waals surface area contributed by atoms with Crippen LogP contribution in [0.1, 0.15) is 47.4 Å². The molecule has 1 aromatic heterocycles. The van der Waals surface area contributed by atoms with Gasteiger partial charge in [0.25, 0.3) is 5.91 Å². The van der Waals surface area contributed by atoms with Crippen molar-refractivity contribution in [2.75, 3.05) is 11.9 Å². The van der Waals surface area contributed by atoms with E-state index in [9.17, 15) is 9.59 Å². The molecule has 1 aliphatic heterocycles. The number of unbranched alkanes of at least 4 members (excludes halogenated alkanes) is 1. The Labute approximate surface area is 157 Å². The van der Waals surface area contributed by atoms with Crippen LogP contribution in [-0.2, 0) is 0 Å². The molecule has 1 atom stereocenters. The maximum atomic E-state index is 13.1. The maximum Gasteiger partial charge on any atom is 0.343 e. The van der Waals surface area contributed by atoms with Gasteiger partial charge in [-0.05, 0) is 43.2 Å². The average Bonchev–Trinajstić information content (AvgIpc) is 2.66. The Morgan fingerprint density at radius 3 is 2.74 bits per heavy atom. The largest absolute Gasteiger partial charge is 0.422 e. The van der Waals surface area contributed by atoms with Gasteiger partial charge in [0.15, 0.2) is 0 Å². The minimum Gasteiger partial charge on any atom is -0.422 e. The minimum absolute atomic E-state index is 0.0637. The summed E-state index contributed by atoms with van der Waals surface area (Å²) in [5.41, 5.74) is 2.99. The van der Waals surface area contributed by atoms with Crippen molar-refractivity contribution in [3.8, 4) is 0 Å². The van der Waals surface area contributed by atoms with Crippen LogP contribution in [0.5, 0.6) is 0 Å². The number of nitrogens with zero attached hydrogens (tertiary/aromatic N) is 1. The van der Waals surface area contributed by atoms with E-state index < -0.39 is 11.8 Å². The van der Waals surface area contributed by atoms with Gasteiger partial charge in [0.05, 0.1) is 11.1 Å². The van der Waals surface area contributed by atoms with Gasteiger partial charge in [-0.1, -0.05) is 37.6 Å². The number of hydrogen-bond acceptors (Lipinski definition) is 4. The van der Waals surface area contributed by atoms with Crippen LogP contribution in [0.4, 0.5) is 5.69 Å².